The molecule has 31 heavy (non-hydrogen) atoms. The molecule has 0 spiro atoms. The molecule has 2 atom stereocenters. The summed E-state index contributed by atoms with van der Waals surface area (Å²) >= 11 is 4.52. The average molecular weight is 508 g/mol. The van der Waals surface area contributed by atoms with Gasteiger partial charge in [-0.25, -0.2) is 0 Å². The molecule has 0 radical (unpaired) electrons. The predicted octanol–water partition coefficient (Wildman–Crippen LogP) is 3.57. The van der Waals surface area contributed by atoms with E-state index >= 15 is 0 Å². The Balaban J connectivity index is 2.41. The summed E-state index contributed by atoms with van der Waals surface area (Å²) in [6.45, 7) is 5.34. The fourth-order valence-corrected chi connectivity index (χ4v) is 4.87. The lowest BCUT2D eigenvalue weighted by molar-refractivity contribution is -0.150. The van der Waals surface area contributed by atoms with Crippen LogP contribution < -0.4 is 5.32 Å². The summed E-state index contributed by atoms with van der Waals surface area (Å²) in [6.07, 6.45) is 1.70. The molecule has 0 aliphatic carbocycles. The highest BCUT2D eigenvalue weighted by atomic mass is 79.9. The molecule has 1 N–H and O–H groups in total. The standard InChI is InChI=1S/C22H26BrN3O4S/c1-4-9-26(10-5-2)17(27)13-31-21-16(12-24)18(14-7-6-8-15(23)11-14)19(20(28)25-21)22(29)30-3/h6-8,11,18-19H,4-5,9-10,13H2,1-3H3,(H,25,28)/t18-,19+/m0/s1. The highest BCUT2D eigenvalue weighted by molar-refractivity contribution is 9.10. The Labute approximate surface area is 195 Å². The van der Waals surface area contributed by atoms with E-state index in [0.717, 1.165) is 29.1 Å². The van der Waals surface area contributed by atoms with Crippen LogP contribution in [0.5, 0.6) is 0 Å². The van der Waals surface area contributed by atoms with Crippen LogP contribution in [0.1, 0.15) is 38.2 Å². The van der Waals surface area contributed by atoms with Crippen molar-refractivity contribution in [3.63, 3.8) is 0 Å². The van der Waals surface area contributed by atoms with E-state index in [1.54, 1.807) is 23.1 Å². The number of ether oxygens (including phenoxy) is 1. The molecule has 166 valence electrons. The molecular weight excluding hydrogens is 482 g/mol. The summed E-state index contributed by atoms with van der Waals surface area (Å²) in [5, 5.41) is 12.9. The second-order valence-corrected chi connectivity index (χ2v) is 8.95. The van der Waals surface area contributed by atoms with Crippen LogP contribution in [-0.2, 0) is 19.1 Å². The number of amides is 2. The van der Waals surface area contributed by atoms with E-state index in [4.69, 9.17) is 4.74 Å². The predicted molar refractivity (Wildman–Crippen MR) is 123 cm³/mol. The largest absolute Gasteiger partial charge is 0.468 e. The van der Waals surface area contributed by atoms with Gasteiger partial charge in [0, 0.05) is 23.5 Å². The molecule has 0 unspecified atom stereocenters. The first-order valence-electron chi connectivity index (χ1n) is 10.1. The van der Waals surface area contributed by atoms with Crippen LogP contribution in [0, 0.1) is 17.2 Å². The zero-order valence-corrected chi connectivity index (χ0v) is 20.2. The summed E-state index contributed by atoms with van der Waals surface area (Å²) in [5.41, 5.74) is 0.877. The van der Waals surface area contributed by atoms with Crippen molar-refractivity contribution in [3.8, 4) is 6.07 Å². The lowest BCUT2D eigenvalue weighted by atomic mass is 9.78. The SMILES string of the molecule is CCCN(CCC)C(=O)CSC1=C(C#N)[C@H](c2cccc(Br)c2)[C@@H](C(=O)OC)C(=O)N1. The minimum atomic E-state index is -1.19. The highest BCUT2D eigenvalue weighted by Crippen LogP contribution is 2.40. The number of methoxy groups -OCH3 is 1. The molecule has 9 heteroatoms. The van der Waals surface area contributed by atoms with Gasteiger partial charge >= 0.3 is 5.97 Å². The van der Waals surface area contributed by atoms with Gasteiger partial charge in [0.15, 0.2) is 0 Å². The van der Waals surface area contributed by atoms with Gasteiger partial charge in [0.25, 0.3) is 0 Å². The quantitative estimate of drug-likeness (QED) is 0.405. The number of nitriles is 1. The van der Waals surface area contributed by atoms with Gasteiger partial charge in [-0.2, -0.15) is 5.26 Å². The Morgan fingerprint density at radius 2 is 1.97 bits per heavy atom. The second kappa shape index (κ2) is 11.9. The van der Waals surface area contributed by atoms with E-state index in [2.05, 4.69) is 27.3 Å². The summed E-state index contributed by atoms with van der Waals surface area (Å²) in [4.78, 5) is 39.7. The van der Waals surface area contributed by atoms with E-state index in [0.29, 0.717) is 23.7 Å². The molecule has 7 nitrogen and oxygen atoms in total. The number of halogens is 1. The normalized spacial score (nSPS) is 18.2. The lowest BCUT2D eigenvalue weighted by Crippen LogP contribution is -2.44. The fourth-order valence-electron chi connectivity index (χ4n) is 3.51. The molecule has 0 saturated carbocycles. The Morgan fingerprint density at radius 1 is 1.29 bits per heavy atom. The van der Waals surface area contributed by atoms with Gasteiger partial charge in [0.05, 0.1) is 29.5 Å². The van der Waals surface area contributed by atoms with Gasteiger partial charge in [-0.3, -0.25) is 14.4 Å². The van der Waals surface area contributed by atoms with Crippen LogP contribution in [0.4, 0.5) is 0 Å². The first kappa shape index (κ1) is 25.0. The monoisotopic (exact) mass is 507 g/mol. The van der Waals surface area contributed by atoms with Crippen molar-refractivity contribution in [2.75, 3.05) is 26.0 Å². The van der Waals surface area contributed by atoms with E-state index in [9.17, 15) is 19.6 Å². The summed E-state index contributed by atoms with van der Waals surface area (Å²) in [7, 11) is 1.21. The Morgan fingerprint density at radius 3 is 2.52 bits per heavy atom. The fraction of sp³-hybridized carbons (Fsp3) is 0.455. The maximum Gasteiger partial charge on any atom is 0.319 e. The zero-order chi connectivity index (χ0) is 23.0. The zero-order valence-electron chi connectivity index (χ0n) is 17.8. The molecule has 2 amide bonds. The average Bonchev–Trinajstić information content (AvgIpc) is 2.76. The summed E-state index contributed by atoms with van der Waals surface area (Å²) < 4.78 is 5.60. The smallest absolute Gasteiger partial charge is 0.319 e. The molecule has 0 fully saturated rings. The third-order valence-corrected chi connectivity index (χ3v) is 6.37. The number of benzene rings is 1. The van der Waals surface area contributed by atoms with Gasteiger partial charge < -0.3 is 15.0 Å². The summed E-state index contributed by atoms with van der Waals surface area (Å²) in [6, 6.07) is 9.28. The molecule has 0 saturated heterocycles. The third kappa shape index (κ3) is 6.11. The molecule has 1 aliphatic heterocycles. The minimum absolute atomic E-state index is 0.0539. The number of carbonyl (C=O) groups is 3. The van der Waals surface area contributed by atoms with Crippen molar-refractivity contribution in [2.45, 2.75) is 32.6 Å². The molecule has 2 rings (SSSR count). The van der Waals surface area contributed by atoms with Crippen LogP contribution in [0.2, 0.25) is 0 Å². The molecule has 0 bridgehead atoms. The number of hydrogen-bond donors (Lipinski definition) is 1. The number of carbonyl (C=O) groups excluding carboxylic acids is 3. The highest BCUT2D eigenvalue weighted by Gasteiger charge is 2.44. The maximum atomic E-state index is 12.8. The van der Waals surface area contributed by atoms with Crippen LogP contribution >= 0.6 is 27.7 Å². The van der Waals surface area contributed by atoms with Gasteiger partial charge in [0.2, 0.25) is 11.8 Å². The van der Waals surface area contributed by atoms with Crippen molar-refractivity contribution in [3.05, 3.63) is 44.9 Å². The number of hydrogen-bond acceptors (Lipinski definition) is 6. The number of allylic oxidation sites excluding steroid dienone is 1. The van der Waals surface area contributed by atoms with E-state index in [-0.39, 0.29) is 17.2 Å². The molecule has 1 aromatic rings. The van der Waals surface area contributed by atoms with Crippen LogP contribution in [0.25, 0.3) is 0 Å². The number of nitrogens with one attached hydrogen (secondary N) is 1. The van der Waals surface area contributed by atoms with E-state index < -0.39 is 23.7 Å². The van der Waals surface area contributed by atoms with Crippen LogP contribution in [0.3, 0.4) is 0 Å². The van der Waals surface area contributed by atoms with Crippen LogP contribution in [0.15, 0.2) is 39.3 Å². The van der Waals surface area contributed by atoms with Crippen molar-refractivity contribution in [1.29, 1.82) is 5.26 Å². The van der Waals surface area contributed by atoms with Gasteiger partial charge in [-0.05, 0) is 30.5 Å². The van der Waals surface area contributed by atoms with Crippen molar-refractivity contribution < 1.29 is 19.1 Å². The Kier molecular flexibility index (Phi) is 9.59. The maximum absolute atomic E-state index is 12.8. The number of thioether (sulfide) groups is 1. The van der Waals surface area contributed by atoms with Gasteiger partial charge in [0.1, 0.15) is 5.92 Å². The topological polar surface area (TPSA) is 99.5 Å². The summed E-state index contributed by atoms with van der Waals surface area (Å²) in [5.74, 6) is -3.22. The first-order valence-corrected chi connectivity index (χ1v) is 11.8. The molecule has 1 aliphatic rings. The third-order valence-electron chi connectivity index (χ3n) is 4.87. The van der Waals surface area contributed by atoms with Gasteiger partial charge in [-0.15, -0.1) is 0 Å². The van der Waals surface area contributed by atoms with Crippen molar-refractivity contribution in [1.82, 2.24) is 10.2 Å². The molecular formula is C22H26BrN3O4S. The molecule has 1 heterocycles. The van der Waals surface area contributed by atoms with Gasteiger partial charge in [-0.1, -0.05) is 53.7 Å². The van der Waals surface area contributed by atoms with Crippen molar-refractivity contribution in [2.24, 2.45) is 5.92 Å². The number of esters is 1. The van der Waals surface area contributed by atoms with E-state index in [1.165, 1.54) is 7.11 Å². The number of nitrogens with zero attached hydrogens (tertiary/aromatic N) is 2. The first-order chi connectivity index (χ1) is 14.9. The minimum Gasteiger partial charge on any atom is -0.468 e. The van der Waals surface area contributed by atoms with Crippen molar-refractivity contribution >= 4 is 45.5 Å². The lowest BCUT2D eigenvalue weighted by Gasteiger charge is -2.31. The number of rotatable bonds is 9. The van der Waals surface area contributed by atoms with E-state index in [1.807, 2.05) is 19.9 Å². The molecule has 1 aromatic carbocycles. The Bertz CT molecular complexity index is 906. The Hall–Kier alpha value is -2.31. The second-order valence-electron chi connectivity index (χ2n) is 7.05. The molecule has 0 aromatic heterocycles. The van der Waals surface area contributed by atoms with Crippen LogP contribution in [-0.4, -0.2) is 48.6 Å².